The van der Waals surface area contributed by atoms with Gasteiger partial charge >= 0.3 is 0 Å². The SMILES string of the molecule is CN1C(=O)C2(CC(C)(C)Oc3ccc(-c4cnc5cc[nH]c5c4)cc32)N=C1N. The molecule has 7 nitrogen and oxygen atoms in total. The van der Waals surface area contributed by atoms with Crippen molar-refractivity contribution in [3.05, 3.63) is 48.3 Å². The highest BCUT2D eigenvalue weighted by Crippen LogP contribution is 2.49. The van der Waals surface area contributed by atoms with Crippen LogP contribution >= 0.6 is 0 Å². The summed E-state index contributed by atoms with van der Waals surface area (Å²) >= 11 is 0. The minimum absolute atomic E-state index is 0.127. The number of aliphatic imine (C=N–C) groups is 1. The lowest BCUT2D eigenvalue weighted by atomic mass is 9.77. The number of amides is 1. The summed E-state index contributed by atoms with van der Waals surface area (Å²) in [5, 5.41) is 0. The Labute approximate surface area is 162 Å². The number of benzene rings is 1. The van der Waals surface area contributed by atoms with E-state index >= 15 is 0 Å². The molecule has 1 spiro atoms. The fourth-order valence-electron chi connectivity index (χ4n) is 4.25. The highest BCUT2D eigenvalue weighted by atomic mass is 16.5. The Morgan fingerprint density at radius 1 is 1.21 bits per heavy atom. The van der Waals surface area contributed by atoms with Crippen molar-refractivity contribution in [3.8, 4) is 16.9 Å². The van der Waals surface area contributed by atoms with Gasteiger partial charge < -0.3 is 15.5 Å². The third kappa shape index (κ3) is 2.25. The van der Waals surface area contributed by atoms with Crippen molar-refractivity contribution in [1.82, 2.24) is 14.9 Å². The molecule has 4 heterocycles. The third-order valence-electron chi connectivity index (χ3n) is 5.53. The number of carbonyl (C=O) groups excluding carboxylic acids is 1. The van der Waals surface area contributed by atoms with Gasteiger partial charge in [0.15, 0.2) is 11.5 Å². The van der Waals surface area contributed by atoms with Crippen molar-refractivity contribution in [1.29, 1.82) is 0 Å². The van der Waals surface area contributed by atoms with Gasteiger partial charge in [0, 0.05) is 37.0 Å². The smallest absolute Gasteiger partial charge is 0.261 e. The van der Waals surface area contributed by atoms with Crippen LogP contribution in [0.15, 0.2) is 47.7 Å². The Hall–Kier alpha value is -3.35. The molecule has 0 bridgehead atoms. The number of fused-ring (bicyclic) bond motifs is 3. The molecule has 7 heteroatoms. The molecule has 0 saturated carbocycles. The van der Waals surface area contributed by atoms with Crippen LogP contribution in [0.5, 0.6) is 5.75 Å². The Kier molecular flexibility index (Phi) is 3.21. The molecule has 2 aliphatic rings. The molecule has 28 heavy (non-hydrogen) atoms. The molecular formula is C21H21N5O2. The Balaban J connectivity index is 1.71. The van der Waals surface area contributed by atoms with Crippen molar-refractivity contribution in [2.75, 3.05) is 7.05 Å². The summed E-state index contributed by atoms with van der Waals surface area (Å²) in [4.78, 5) is 26.9. The maximum absolute atomic E-state index is 13.2. The number of nitrogens with zero attached hydrogens (tertiary/aromatic N) is 3. The summed E-state index contributed by atoms with van der Waals surface area (Å²) < 4.78 is 6.17. The number of carbonyl (C=O) groups is 1. The number of pyridine rings is 1. The summed E-state index contributed by atoms with van der Waals surface area (Å²) in [5.41, 5.74) is 8.93. The van der Waals surface area contributed by atoms with Crippen LogP contribution in [0.2, 0.25) is 0 Å². The van der Waals surface area contributed by atoms with Gasteiger partial charge in [-0.25, -0.2) is 4.99 Å². The fraction of sp³-hybridized carbons (Fsp3) is 0.286. The number of likely N-dealkylation sites (N-methyl/N-ethyl adjacent to an activating group) is 1. The fourth-order valence-corrected chi connectivity index (χ4v) is 4.25. The van der Waals surface area contributed by atoms with Crippen LogP contribution in [0.3, 0.4) is 0 Å². The average molecular weight is 375 g/mol. The van der Waals surface area contributed by atoms with Crippen molar-refractivity contribution < 1.29 is 9.53 Å². The molecule has 3 N–H and O–H groups in total. The first-order chi connectivity index (χ1) is 13.3. The van der Waals surface area contributed by atoms with Gasteiger partial charge in [-0.05, 0) is 43.7 Å². The maximum Gasteiger partial charge on any atom is 0.261 e. The van der Waals surface area contributed by atoms with Crippen LogP contribution in [0.25, 0.3) is 22.2 Å². The molecule has 0 radical (unpaired) electrons. The number of ether oxygens (including phenoxy) is 1. The van der Waals surface area contributed by atoms with Crippen molar-refractivity contribution >= 4 is 22.9 Å². The van der Waals surface area contributed by atoms with E-state index in [0.717, 1.165) is 27.7 Å². The van der Waals surface area contributed by atoms with E-state index in [1.165, 1.54) is 4.90 Å². The predicted octanol–water partition coefficient (Wildman–Crippen LogP) is 2.77. The van der Waals surface area contributed by atoms with Crippen LogP contribution in [-0.2, 0) is 10.3 Å². The Morgan fingerprint density at radius 3 is 2.79 bits per heavy atom. The minimum Gasteiger partial charge on any atom is -0.487 e. The minimum atomic E-state index is -1.06. The van der Waals surface area contributed by atoms with Crippen LogP contribution in [-0.4, -0.2) is 39.4 Å². The van der Waals surface area contributed by atoms with Gasteiger partial charge in [0.25, 0.3) is 5.91 Å². The molecule has 0 aliphatic carbocycles. The molecule has 2 aliphatic heterocycles. The number of nitrogens with two attached hydrogens (primary N) is 1. The molecule has 1 unspecified atom stereocenters. The molecular weight excluding hydrogens is 354 g/mol. The van der Waals surface area contributed by atoms with Gasteiger partial charge in [-0.1, -0.05) is 6.07 Å². The molecule has 0 saturated heterocycles. The second-order valence-electron chi connectivity index (χ2n) is 8.08. The summed E-state index contributed by atoms with van der Waals surface area (Å²) in [6.07, 6.45) is 4.12. The zero-order valence-corrected chi connectivity index (χ0v) is 16.0. The highest BCUT2D eigenvalue weighted by molar-refractivity contribution is 6.07. The first-order valence-corrected chi connectivity index (χ1v) is 9.20. The summed E-state index contributed by atoms with van der Waals surface area (Å²) in [6, 6.07) is 9.84. The van der Waals surface area contributed by atoms with Crippen LogP contribution in [0.1, 0.15) is 25.8 Å². The molecule has 1 aromatic carbocycles. The number of hydrogen-bond donors (Lipinski definition) is 2. The lowest BCUT2D eigenvalue weighted by molar-refractivity contribution is -0.133. The molecule has 1 atom stereocenters. The first-order valence-electron chi connectivity index (χ1n) is 9.20. The second kappa shape index (κ2) is 5.34. The Bertz CT molecular complexity index is 1160. The lowest BCUT2D eigenvalue weighted by Crippen LogP contribution is -2.49. The van der Waals surface area contributed by atoms with E-state index in [1.54, 1.807) is 7.05 Å². The van der Waals surface area contributed by atoms with Crippen molar-refractivity contribution in [3.63, 3.8) is 0 Å². The molecule has 3 aromatic rings. The first kappa shape index (κ1) is 16.8. The lowest BCUT2D eigenvalue weighted by Gasteiger charge is -2.41. The van der Waals surface area contributed by atoms with E-state index in [1.807, 2.05) is 56.6 Å². The molecule has 0 fully saturated rings. The molecule has 2 aromatic heterocycles. The number of rotatable bonds is 1. The summed E-state index contributed by atoms with van der Waals surface area (Å²) in [7, 11) is 1.66. The normalized spacial score (nSPS) is 23.0. The quantitative estimate of drug-likeness (QED) is 0.683. The van der Waals surface area contributed by atoms with Gasteiger partial charge in [-0.15, -0.1) is 0 Å². The highest BCUT2D eigenvalue weighted by Gasteiger charge is 2.55. The van der Waals surface area contributed by atoms with E-state index in [-0.39, 0.29) is 11.9 Å². The maximum atomic E-state index is 13.2. The average Bonchev–Trinajstić information content (AvgIpc) is 3.20. The van der Waals surface area contributed by atoms with E-state index < -0.39 is 11.1 Å². The van der Waals surface area contributed by atoms with E-state index in [9.17, 15) is 4.79 Å². The van der Waals surface area contributed by atoms with Crippen LogP contribution in [0.4, 0.5) is 0 Å². The third-order valence-corrected chi connectivity index (χ3v) is 5.53. The van der Waals surface area contributed by atoms with Gasteiger partial charge in [0.05, 0.1) is 11.0 Å². The van der Waals surface area contributed by atoms with Gasteiger partial charge in [0.1, 0.15) is 11.4 Å². The number of nitrogens with one attached hydrogen (secondary N) is 1. The van der Waals surface area contributed by atoms with E-state index in [2.05, 4.69) is 15.0 Å². The van der Waals surface area contributed by atoms with E-state index in [4.69, 9.17) is 10.5 Å². The molecule has 142 valence electrons. The topological polar surface area (TPSA) is 96.6 Å². The van der Waals surface area contributed by atoms with Crippen LogP contribution in [0, 0.1) is 0 Å². The van der Waals surface area contributed by atoms with Crippen LogP contribution < -0.4 is 10.5 Å². The number of hydrogen-bond acceptors (Lipinski definition) is 5. The second-order valence-corrected chi connectivity index (χ2v) is 8.08. The van der Waals surface area contributed by atoms with Crippen molar-refractivity contribution in [2.45, 2.75) is 31.4 Å². The number of H-pyrrole nitrogens is 1. The zero-order chi connectivity index (χ0) is 19.7. The van der Waals surface area contributed by atoms with Crippen molar-refractivity contribution in [2.24, 2.45) is 10.7 Å². The zero-order valence-electron chi connectivity index (χ0n) is 16.0. The molecule has 1 amide bonds. The van der Waals surface area contributed by atoms with E-state index in [0.29, 0.717) is 12.2 Å². The van der Waals surface area contributed by atoms with Gasteiger partial charge in [-0.2, -0.15) is 0 Å². The summed E-state index contributed by atoms with van der Waals surface area (Å²) in [5.74, 6) is 0.764. The Morgan fingerprint density at radius 2 is 2.04 bits per heavy atom. The monoisotopic (exact) mass is 375 g/mol. The number of guanidine groups is 1. The number of aromatic nitrogens is 2. The van der Waals surface area contributed by atoms with Gasteiger partial charge in [-0.3, -0.25) is 14.7 Å². The number of aromatic amines is 1. The predicted molar refractivity (Wildman–Crippen MR) is 107 cm³/mol. The molecule has 5 rings (SSSR count). The largest absolute Gasteiger partial charge is 0.487 e. The summed E-state index contributed by atoms with van der Waals surface area (Å²) in [6.45, 7) is 3.93. The standard InChI is InChI=1S/C21H21N5O2/c1-20(2)11-21(18(27)26(3)19(22)25-21)14-8-12(4-5-17(14)28-20)13-9-16-15(24-10-13)6-7-23-16/h4-10,23H,11H2,1-3H3,(H2,22,25). The van der Waals surface area contributed by atoms with Gasteiger partial charge in [0.2, 0.25) is 0 Å².